The number of hydrogen-bond donors (Lipinski definition) is 3. The zero-order valence-electron chi connectivity index (χ0n) is 11.7. The van der Waals surface area contributed by atoms with E-state index >= 15 is 0 Å². The van der Waals surface area contributed by atoms with Crippen molar-refractivity contribution < 1.29 is 4.79 Å². The van der Waals surface area contributed by atoms with Crippen molar-refractivity contribution in [3.8, 4) is 0 Å². The van der Waals surface area contributed by atoms with E-state index in [0.29, 0.717) is 5.69 Å². The number of nitrogens with two attached hydrogens (primary N) is 1. The number of aromatic nitrogens is 1. The van der Waals surface area contributed by atoms with Crippen LogP contribution < -0.4 is 16.4 Å². The largest absolute Gasteiger partial charge is 0.377 e. The third-order valence-electron chi connectivity index (χ3n) is 3.67. The van der Waals surface area contributed by atoms with Gasteiger partial charge in [-0.1, -0.05) is 12.1 Å². The maximum Gasteiger partial charge on any atom is 0.316 e. The molecule has 0 saturated heterocycles. The minimum Gasteiger partial charge on any atom is -0.377 e. The molecule has 0 radical (unpaired) electrons. The van der Waals surface area contributed by atoms with Crippen LogP contribution in [0.25, 0.3) is 0 Å². The lowest BCUT2D eigenvalue weighted by Crippen LogP contribution is -2.20. The number of hydrogen-bond acceptors (Lipinski definition) is 3. The maximum absolute atomic E-state index is 10.9. The van der Waals surface area contributed by atoms with Gasteiger partial charge in [0.15, 0.2) is 0 Å². The van der Waals surface area contributed by atoms with Crippen molar-refractivity contribution in [3.05, 3.63) is 53.9 Å². The third kappa shape index (κ3) is 3.13. The summed E-state index contributed by atoms with van der Waals surface area (Å²) in [7, 11) is 0. The second-order valence-electron chi connectivity index (χ2n) is 5.21. The first-order valence-electron chi connectivity index (χ1n) is 7.09. The quantitative estimate of drug-likeness (QED) is 0.809. The summed E-state index contributed by atoms with van der Waals surface area (Å²) in [6, 6.07) is 11.3. The van der Waals surface area contributed by atoms with Gasteiger partial charge in [0, 0.05) is 17.6 Å². The number of carbonyl (C=O) groups is 1. The van der Waals surface area contributed by atoms with E-state index in [0.717, 1.165) is 30.6 Å². The van der Waals surface area contributed by atoms with Crippen molar-refractivity contribution in [2.24, 2.45) is 5.73 Å². The molecule has 108 valence electrons. The van der Waals surface area contributed by atoms with Crippen molar-refractivity contribution in [2.45, 2.75) is 25.3 Å². The fourth-order valence-electron chi connectivity index (χ4n) is 2.78. The molecule has 1 atom stereocenters. The number of nitrogens with one attached hydrogen (secondary N) is 2. The number of pyridine rings is 1. The average molecular weight is 282 g/mol. The topological polar surface area (TPSA) is 80.0 Å². The molecule has 0 fully saturated rings. The van der Waals surface area contributed by atoms with Crippen molar-refractivity contribution in [1.29, 1.82) is 0 Å². The molecule has 0 saturated carbocycles. The van der Waals surface area contributed by atoms with Gasteiger partial charge >= 0.3 is 6.03 Å². The predicted octanol–water partition coefficient (Wildman–Crippen LogP) is 3.06. The van der Waals surface area contributed by atoms with Crippen molar-refractivity contribution in [2.75, 3.05) is 10.6 Å². The summed E-state index contributed by atoms with van der Waals surface area (Å²) in [4.78, 5) is 15.4. The van der Waals surface area contributed by atoms with E-state index in [1.54, 1.807) is 0 Å². The number of fused-ring (bicyclic) bond motifs is 1. The Morgan fingerprint density at radius 3 is 2.95 bits per heavy atom. The summed E-state index contributed by atoms with van der Waals surface area (Å²) >= 11 is 0. The van der Waals surface area contributed by atoms with Crippen LogP contribution in [-0.2, 0) is 6.42 Å². The van der Waals surface area contributed by atoms with Crippen molar-refractivity contribution in [3.63, 3.8) is 0 Å². The van der Waals surface area contributed by atoms with Crippen LogP contribution in [0, 0.1) is 0 Å². The molecule has 1 aromatic carbocycles. The number of primary amides is 1. The van der Waals surface area contributed by atoms with E-state index in [1.165, 1.54) is 5.56 Å². The van der Waals surface area contributed by atoms with Crippen LogP contribution in [0.3, 0.4) is 0 Å². The lowest BCUT2D eigenvalue weighted by molar-refractivity contribution is 0.259. The van der Waals surface area contributed by atoms with Gasteiger partial charge in [0.05, 0.1) is 11.7 Å². The Bertz CT molecular complexity index is 656. The number of benzene rings is 1. The molecule has 21 heavy (non-hydrogen) atoms. The Morgan fingerprint density at radius 1 is 1.24 bits per heavy atom. The van der Waals surface area contributed by atoms with Crippen LogP contribution in [0.5, 0.6) is 0 Å². The smallest absolute Gasteiger partial charge is 0.316 e. The number of nitrogens with zero attached hydrogens (tertiary/aromatic N) is 1. The highest BCUT2D eigenvalue weighted by atomic mass is 16.2. The van der Waals surface area contributed by atoms with E-state index < -0.39 is 6.03 Å². The number of aryl methyl sites for hydroxylation is 1. The monoisotopic (exact) mass is 282 g/mol. The number of rotatable bonds is 3. The van der Waals surface area contributed by atoms with Crippen LogP contribution in [0.1, 0.15) is 30.1 Å². The van der Waals surface area contributed by atoms with Gasteiger partial charge in [0.1, 0.15) is 0 Å². The van der Waals surface area contributed by atoms with Gasteiger partial charge in [-0.3, -0.25) is 4.98 Å². The molecule has 1 unspecified atom stereocenters. The fraction of sp³-hybridized carbons (Fsp3) is 0.250. The Labute approximate surface area is 123 Å². The minimum absolute atomic E-state index is 0.207. The summed E-state index contributed by atoms with van der Waals surface area (Å²) in [5, 5.41) is 6.08. The lowest BCUT2D eigenvalue weighted by Gasteiger charge is -2.26. The van der Waals surface area contributed by atoms with Crippen LogP contribution in [0.15, 0.2) is 42.6 Å². The molecule has 3 rings (SSSR count). The molecule has 5 nitrogen and oxygen atoms in total. The van der Waals surface area contributed by atoms with E-state index in [1.807, 2.05) is 36.5 Å². The van der Waals surface area contributed by atoms with Crippen molar-refractivity contribution >= 4 is 17.4 Å². The SMILES string of the molecule is NC(=O)Nc1cccc(NC2CCCc3cccnc32)c1. The van der Waals surface area contributed by atoms with Crippen LogP contribution in [0.2, 0.25) is 0 Å². The van der Waals surface area contributed by atoms with E-state index in [9.17, 15) is 4.79 Å². The normalized spacial score (nSPS) is 16.9. The Balaban J connectivity index is 1.80. The van der Waals surface area contributed by atoms with Gasteiger partial charge in [0.2, 0.25) is 0 Å². The molecule has 1 aromatic heterocycles. The second-order valence-corrected chi connectivity index (χ2v) is 5.21. The van der Waals surface area contributed by atoms with E-state index in [4.69, 9.17) is 5.73 Å². The molecule has 2 amide bonds. The summed E-state index contributed by atoms with van der Waals surface area (Å²) < 4.78 is 0. The summed E-state index contributed by atoms with van der Waals surface area (Å²) in [6.07, 6.45) is 5.13. The summed E-state index contributed by atoms with van der Waals surface area (Å²) in [5.74, 6) is 0. The lowest BCUT2D eigenvalue weighted by atomic mass is 9.92. The molecule has 1 aliphatic rings. The molecule has 0 spiro atoms. The van der Waals surface area contributed by atoms with E-state index in [-0.39, 0.29) is 6.04 Å². The third-order valence-corrected chi connectivity index (χ3v) is 3.67. The first-order valence-corrected chi connectivity index (χ1v) is 7.09. The number of urea groups is 1. The molecule has 4 N–H and O–H groups in total. The van der Waals surface area contributed by atoms with Crippen LogP contribution >= 0.6 is 0 Å². The van der Waals surface area contributed by atoms with Gasteiger partial charge in [-0.2, -0.15) is 0 Å². The molecular formula is C16H18N4O. The highest BCUT2D eigenvalue weighted by molar-refractivity contribution is 5.88. The van der Waals surface area contributed by atoms with E-state index in [2.05, 4.69) is 21.7 Å². The second kappa shape index (κ2) is 5.83. The van der Waals surface area contributed by atoms with Crippen molar-refractivity contribution in [1.82, 2.24) is 4.98 Å². The number of amides is 2. The predicted molar refractivity (Wildman–Crippen MR) is 83.2 cm³/mol. The first kappa shape index (κ1) is 13.4. The average Bonchev–Trinajstić information content (AvgIpc) is 2.47. The molecule has 0 aliphatic heterocycles. The van der Waals surface area contributed by atoms with Gasteiger partial charge in [-0.25, -0.2) is 4.79 Å². The van der Waals surface area contributed by atoms with Gasteiger partial charge in [-0.05, 0) is 49.1 Å². The first-order chi connectivity index (χ1) is 10.2. The van der Waals surface area contributed by atoms with Gasteiger partial charge in [0.25, 0.3) is 0 Å². The zero-order chi connectivity index (χ0) is 14.7. The summed E-state index contributed by atoms with van der Waals surface area (Å²) in [5.41, 5.74) is 9.21. The minimum atomic E-state index is -0.558. The number of carbonyl (C=O) groups excluding carboxylic acids is 1. The standard InChI is InChI=1S/C16H18N4O/c17-16(21)20-13-7-2-6-12(10-13)19-14-8-1-4-11-5-3-9-18-15(11)14/h2-3,5-7,9-10,14,19H,1,4,8H2,(H3,17,20,21). The Kier molecular flexibility index (Phi) is 3.73. The molecule has 5 heteroatoms. The summed E-state index contributed by atoms with van der Waals surface area (Å²) in [6.45, 7) is 0. The van der Waals surface area contributed by atoms with Gasteiger partial charge < -0.3 is 16.4 Å². The molecule has 0 bridgehead atoms. The highest BCUT2D eigenvalue weighted by Gasteiger charge is 2.20. The Hall–Kier alpha value is -2.56. The Morgan fingerprint density at radius 2 is 2.10 bits per heavy atom. The zero-order valence-corrected chi connectivity index (χ0v) is 11.7. The number of anilines is 2. The maximum atomic E-state index is 10.9. The molecule has 1 heterocycles. The van der Waals surface area contributed by atoms with Gasteiger partial charge in [-0.15, -0.1) is 0 Å². The molecule has 2 aromatic rings. The van der Waals surface area contributed by atoms with Crippen LogP contribution in [0.4, 0.5) is 16.2 Å². The fourth-order valence-corrected chi connectivity index (χ4v) is 2.78. The highest BCUT2D eigenvalue weighted by Crippen LogP contribution is 2.31. The van der Waals surface area contributed by atoms with Crippen LogP contribution in [-0.4, -0.2) is 11.0 Å². The molecular weight excluding hydrogens is 264 g/mol. The molecule has 1 aliphatic carbocycles.